The van der Waals surface area contributed by atoms with Crippen LogP contribution in [-0.2, 0) is 20.9 Å². The van der Waals surface area contributed by atoms with E-state index in [0.29, 0.717) is 23.1 Å². The van der Waals surface area contributed by atoms with Crippen molar-refractivity contribution in [3.05, 3.63) is 29.7 Å². The average Bonchev–Trinajstić information content (AvgIpc) is 3.21. The van der Waals surface area contributed by atoms with Gasteiger partial charge in [-0.15, -0.1) is 0 Å². The maximum Gasteiger partial charge on any atom is 0.192 e. The number of rotatable bonds is 5. The monoisotopic (exact) mass is 380 g/mol. The molecule has 0 N–H and O–H groups in total. The standard InChI is InChI=1S/C18H28N2O3SSi/c1-18(2,3)25(5,6)23-12-15-11-20-10-14(13-7-8-13)9-16(17(20)19-15)24(4,21)22/h9-11,13H,7-8,12H2,1-6H3. The van der Waals surface area contributed by atoms with Gasteiger partial charge in [0, 0.05) is 18.6 Å². The molecule has 1 fully saturated rings. The minimum atomic E-state index is -3.33. The molecule has 1 aliphatic rings. The van der Waals surface area contributed by atoms with Crippen LogP contribution in [0.2, 0.25) is 18.1 Å². The lowest BCUT2D eigenvalue weighted by molar-refractivity contribution is 0.272. The smallest absolute Gasteiger partial charge is 0.192 e. The van der Waals surface area contributed by atoms with Crippen molar-refractivity contribution < 1.29 is 12.8 Å². The Kier molecular flexibility index (Phi) is 4.41. The maximum absolute atomic E-state index is 12.2. The second-order valence-corrected chi connectivity index (χ2v) is 15.5. The van der Waals surface area contributed by atoms with E-state index in [9.17, 15) is 8.42 Å². The van der Waals surface area contributed by atoms with Crippen LogP contribution in [0.4, 0.5) is 0 Å². The Morgan fingerprint density at radius 3 is 2.44 bits per heavy atom. The molecule has 3 rings (SSSR count). The molecule has 0 bridgehead atoms. The highest BCUT2D eigenvalue weighted by Gasteiger charge is 2.37. The lowest BCUT2D eigenvalue weighted by Crippen LogP contribution is -2.40. The molecule has 5 nitrogen and oxygen atoms in total. The fourth-order valence-electron chi connectivity index (χ4n) is 2.59. The number of fused-ring (bicyclic) bond motifs is 1. The third kappa shape index (κ3) is 3.83. The molecule has 2 aromatic rings. The molecule has 1 aliphatic carbocycles. The number of hydrogen-bond donors (Lipinski definition) is 0. The fourth-order valence-corrected chi connectivity index (χ4v) is 4.37. The molecule has 7 heteroatoms. The second kappa shape index (κ2) is 5.92. The first-order chi connectivity index (χ1) is 11.4. The molecule has 0 atom stereocenters. The number of imidazole rings is 1. The van der Waals surface area contributed by atoms with Crippen LogP contribution >= 0.6 is 0 Å². The molecule has 2 aromatic heterocycles. The Hall–Kier alpha value is -1.18. The lowest BCUT2D eigenvalue weighted by Gasteiger charge is -2.35. The summed E-state index contributed by atoms with van der Waals surface area (Å²) < 4.78 is 32.5. The summed E-state index contributed by atoms with van der Waals surface area (Å²) in [6.45, 7) is 11.4. The predicted octanol–water partition coefficient (Wildman–Crippen LogP) is 4.14. The highest BCUT2D eigenvalue weighted by atomic mass is 32.2. The van der Waals surface area contributed by atoms with Gasteiger partial charge in [0.05, 0.1) is 12.3 Å². The largest absolute Gasteiger partial charge is 0.411 e. The zero-order valence-corrected chi connectivity index (χ0v) is 17.8. The van der Waals surface area contributed by atoms with E-state index in [0.717, 1.165) is 24.1 Å². The van der Waals surface area contributed by atoms with Crippen molar-refractivity contribution in [2.75, 3.05) is 6.26 Å². The fraction of sp³-hybridized carbons (Fsp3) is 0.611. The molecule has 0 aliphatic heterocycles. The third-order valence-electron chi connectivity index (χ3n) is 5.42. The number of hydrogen-bond acceptors (Lipinski definition) is 4. The van der Waals surface area contributed by atoms with Gasteiger partial charge in [-0.05, 0) is 48.5 Å². The SMILES string of the molecule is CC(C)(C)[Si](C)(C)OCc1cn2cc(C3CC3)cc(S(C)(=O)=O)c2n1. The summed E-state index contributed by atoms with van der Waals surface area (Å²) >= 11 is 0. The first-order valence-corrected chi connectivity index (χ1v) is 13.5. The quantitative estimate of drug-likeness (QED) is 0.732. The van der Waals surface area contributed by atoms with E-state index >= 15 is 0 Å². The summed E-state index contributed by atoms with van der Waals surface area (Å²) in [6.07, 6.45) is 7.43. The molecular formula is C18H28N2O3SSi. The van der Waals surface area contributed by atoms with Crippen LogP contribution in [0.5, 0.6) is 0 Å². The van der Waals surface area contributed by atoms with Gasteiger partial charge < -0.3 is 8.83 Å². The summed E-state index contributed by atoms with van der Waals surface area (Å²) in [4.78, 5) is 4.88. The number of nitrogens with zero attached hydrogens (tertiary/aromatic N) is 2. The van der Waals surface area contributed by atoms with E-state index in [1.807, 2.05) is 16.8 Å². The van der Waals surface area contributed by atoms with E-state index in [1.165, 1.54) is 6.26 Å². The van der Waals surface area contributed by atoms with Crippen LogP contribution in [-0.4, -0.2) is 32.4 Å². The highest BCUT2D eigenvalue weighted by molar-refractivity contribution is 7.91. The normalized spacial score (nSPS) is 16.6. The van der Waals surface area contributed by atoms with Crippen LogP contribution in [0.25, 0.3) is 5.65 Å². The van der Waals surface area contributed by atoms with Gasteiger partial charge in [-0.1, -0.05) is 20.8 Å². The highest BCUT2D eigenvalue weighted by Crippen LogP contribution is 2.41. The van der Waals surface area contributed by atoms with Gasteiger partial charge in [0.2, 0.25) is 0 Å². The minimum Gasteiger partial charge on any atom is -0.411 e. The minimum absolute atomic E-state index is 0.128. The maximum atomic E-state index is 12.2. The Morgan fingerprint density at radius 1 is 1.28 bits per heavy atom. The molecule has 2 heterocycles. The van der Waals surface area contributed by atoms with Crippen molar-refractivity contribution in [1.82, 2.24) is 9.38 Å². The van der Waals surface area contributed by atoms with E-state index in [2.05, 4.69) is 38.8 Å². The van der Waals surface area contributed by atoms with E-state index in [4.69, 9.17) is 4.43 Å². The Balaban J connectivity index is 1.97. The van der Waals surface area contributed by atoms with Crippen molar-refractivity contribution >= 4 is 23.8 Å². The zero-order valence-electron chi connectivity index (χ0n) is 16.0. The first-order valence-electron chi connectivity index (χ1n) is 8.74. The molecule has 0 saturated heterocycles. The van der Waals surface area contributed by atoms with Crippen molar-refractivity contribution in [3.8, 4) is 0 Å². The van der Waals surface area contributed by atoms with Crippen LogP contribution in [0.15, 0.2) is 23.4 Å². The molecule has 0 radical (unpaired) electrons. The molecule has 138 valence electrons. The first kappa shape index (κ1) is 18.6. The van der Waals surface area contributed by atoms with Crippen molar-refractivity contribution in [2.45, 2.75) is 69.2 Å². The molecule has 1 saturated carbocycles. The van der Waals surface area contributed by atoms with Crippen LogP contribution in [0, 0.1) is 0 Å². The summed E-state index contributed by atoms with van der Waals surface area (Å²) in [5.41, 5.74) is 2.37. The molecule has 25 heavy (non-hydrogen) atoms. The van der Waals surface area contributed by atoms with Gasteiger partial charge in [-0.25, -0.2) is 13.4 Å². The van der Waals surface area contributed by atoms with Crippen molar-refractivity contribution in [3.63, 3.8) is 0 Å². The number of aromatic nitrogens is 2. The average molecular weight is 381 g/mol. The second-order valence-electron chi connectivity index (χ2n) is 8.70. The molecular weight excluding hydrogens is 352 g/mol. The topological polar surface area (TPSA) is 60.7 Å². The van der Waals surface area contributed by atoms with Crippen LogP contribution < -0.4 is 0 Å². The molecule has 0 spiro atoms. The molecule has 0 amide bonds. The van der Waals surface area contributed by atoms with E-state index < -0.39 is 18.2 Å². The summed E-state index contributed by atoms with van der Waals surface area (Å²) in [7, 11) is -5.20. The zero-order chi connectivity index (χ0) is 18.6. The van der Waals surface area contributed by atoms with Gasteiger partial charge in [0.1, 0.15) is 4.90 Å². The van der Waals surface area contributed by atoms with Gasteiger partial charge in [-0.2, -0.15) is 0 Å². The molecule has 0 unspecified atom stereocenters. The lowest BCUT2D eigenvalue weighted by atomic mass is 10.2. The van der Waals surface area contributed by atoms with Gasteiger partial charge in [-0.3, -0.25) is 0 Å². The number of pyridine rings is 1. The third-order valence-corrected chi connectivity index (χ3v) is 11.0. The van der Waals surface area contributed by atoms with Crippen LogP contribution in [0.3, 0.4) is 0 Å². The summed E-state index contributed by atoms with van der Waals surface area (Å²) in [6, 6.07) is 1.80. The summed E-state index contributed by atoms with van der Waals surface area (Å²) in [5, 5.41) is 0.128. The van der Waals surface area contributed by atoms with Gasteiger partial charge >= 0.3 is 0 Å². The van der Waals surface area contributed by atoms with Crippen molar-refractivity contribution in [2.24, 2.45) is 0 Å². The van der Waals surface area contributed by atoms with Crippen LogP contribution in [0.1, 0.15) is 50.8 Å². The van der Waals surface area contributed by atoms with Crippen molar-refractivity contribution in [1.29, 1.82) is 0 Å². The Bertz CT molecular complexity index is 906. The number of sulfone groups is 1. The Morgan fingerprint density at radius 2 is 1.92 bits per heavy atom. The Labute approximate surface area is 151 Å². The summed E-state index contributed by atoms with van der Waals surface area (Å²) in [5.74, 6) is 0.485. The van der Waals surface area contributed by atoms with E-state index in [-0.39, 0.29) is 5.04 Å². The predicted molar refractivity (Wildman–Crippen MR) is 102 cm³/mol. The van der Waals surface area contributed by atoms with Gasteiger partial charge in [0.25, 0.3) is 0 Å². The molecule has 0 aromatic carbocycles. The van der Waals surface area contributed by atoms with Gasteiger partial charge in [0.15, 0.2) is 23.8 Å². The van der Waals surface area contributed by atoms with E-state index in [1.54, 1.807) is 6.07 Å².